The fraction of sp³-hybridized carbons (Fsp3) is 0.455. The van der Waals surface area contributed by atoms with Crippen LogP contribution >= 0.6 is 15.9 Å². The summed E-state index contributed by atoms with van der Waals surface area (Å²) in [5.74, 6) is -0.355. The highest BCUT2D eigenvalue weighted by Gasteiger charge is 2.16. The molecule has 3 N–H and O–H groups in total. The van der Waals surface area contributed by atoms with E-state index in [0.717, 1.165) is 6.42 Å². The predicted octanol–water partition coefficient (Wildman–Crippen LogP) is 2.75. The van der Waals surface area contributed by atoms with Gasteiger partial charge in [0.25, 0.3) is 0 Å². The van der Waals surface area contributed by atoms with Gasteiger partial charge in [0, 0.05) is 0 Å². The van der Waals surface area contributed by atoms with E-state index in [1.165, 1.54) is 6.07 Å². The quantitative estimate of drug-likeness (QED) is 0.888. The first-order valence-electron chi connectivity index (χ1n) is 4.94. The minimum Gasteiger partial charge on any atom is -0.391 e. The molecule has 15 heavy (non-hydrogen) atoms. The van der Waals surface area contributed by atoms with E-state index in [-0.39, 0.29) is 5.82 Å². The fourth-order valence-electron chi connectivity index (χ4n) is 1.42. The van der Waals surface area contributed by atoms with E-state index < -0.39 is 12.1 Å². The zero-order chi connectivity index (χ0) is 11.4. The molecule has 1 aromatic carbocycles. The lowest BCUT2D eigenvalue weighted by molar-refractivity contribution is 0.134. The summed E-state index contributed by atoms with van der Waals surface area (Å²) in [7, 11) is 0. The molecule has 0 aliphatic rings. The zero-order valence-corrected chi connectivity index (χ0v) is 10.2. The molecule has 0 fully saturated rings. The van der Waals surface area contributed by atoms with E-state index >= 15 is 0 Å². The first-order valence-corrected chi connectivity index (χ1v) is 5.74. The Morgan fingerprint density at radius 3 is 2.73 bits per heavy atom. The SMILES string of the molecule is CCC[C@H](O)[C@H](N)c1ccc(Br)c(F)c1. The Kier molecular flexibility index (Phi) is 4.70. The molecular weight excluding hydrogens is 261 g/mol. The first kappa shape index (κ1) is 12.6. The lowest BCUT2D eigenvalue weighted by Gasteiger charge is -2.18. The number of nitrogens with two attached hydrogens (primary N) is 1. The van der Waals surface area contributed by atoms with Crippen LogP contribution in [0.4, 0.5) is 4.39 Å². The number of halogens is 2. The van der Waals surface area contributed by atoms with Gasteiger partial charge in [-0.1, -0.05) is 19.4 Å². The van der Waals surface area contributed by atoms with E-state index in [0.29, 0.717) is 16.5 Å². The summed E-state index contributed by atoms with van der Waals surface area (Å²) >= 11 is 3.07. The third-order valence-corrected chi connectivity index (χ3v) is 2.97. The van der Waals surface area contributed by atoms with Crippen molar-refractivity contribution in [3.63, 3.8) is 0 Å². The second-order valence-corrected chi connectivity index (χ2v) is 4.41. The molecule has 0 aliphatic carbocycles. The molecule has 0 aliphatic heterocycles. The molecule has 84 valence electrons. The molecule has 0 saturated heterocycles. The Morgan fingerprint density at radius 2 is 2.20 bits per heavy atom. The van der Waals surface area contributed by atoms with Crippen LogP contribution in [0.2, 0.25) is 0 Å². The molecule has 0 saturated carbocycles. The smallest absolute Gasteiger partial charge is 0.137 e. The summed E-state index contributed by atoms with van der Waals surface area (Å²) in [5.41, 5.74) is 6.43. The lowest BCUT2D eigenvalue weighted by atomic mass is 9.99. The average molecular weight is 276 g/mol. The van der Waals surface area contributed by atoms with Crippen LogP contribution in [0.25, 0.3) is 0 Å². The van der Waals surface area contributed by atoms with E-state index in [9.17, 15) is 9.50 Å². The summed E-state index contributed by atoms with van der Waals surface area (Å²) in [6.45, 7) is 1.97. The van der Waals surface area contributed by atoms with Gasteiger partial charge in [-0.15, -0.1) is 0 Å². The van der Waals surface area contributed by atoms with Crippen molar-refractivity contribution in [1.29, 1.82) is 0 Å². The third kappa shape index (κ3) is 3.26. The minimum atomic E-state index is -0.615. The van der Waals surface area contributed by atoms with Gasteiger partial charge in [0.15, 0.2) is 0 Å². The predicted molar refractivity (Wildman–Crippen MR) is 61.9 cm³/mol. The molecule has 0 unspecified atom stereocenters. The largest absolute Gasteiger partial charge is 0.391 e. The first-order chi connectivity index (χ1) is 7.06. The molecule has 0 radical (unpaired) electrons. The Morgan fingerprint density at radius 1 is 1.53 bits per heavy atom. The standard InChI is InChI=1S/C11H15BrFNO/c1-2-3-10(15)11(14)7-4-5-8(12)9(13)6-7/h4-6,10-11,15H,2-3,14H2,1H3/t10-,11+/m0/s1. The van der Waals surface area contributed by atoms with Crippen molar-refractivity contribution in [3.05, 3.63) is 34.1 Å². The van der Waals surface area contributed by atoms with Gasteiger partial charge in [-0.05, 0) is 40.0 Å². The van der Waals surface area contributed by atoms with Gasteiger partial charge in [0.05, 0.1) is 16.6 Å². The van der Waals surface area contributed by atoms with Crippen LogP contribution in [0.3, 0.4) is 0 Å². The highest BCUT2D eigenvalue weighted by molar-refractivity contribution is 9.10. The van der Waals surface area contributed by atoms with Gasteiger partial charge in [-0.25, -0.2) is 4.39 Å². The fourth-order valence-corrected chi connectivity index (χ4v) is 1.66. The van der Waals surface area contributed by atoms with Crippen LogP contribution in [-0.4, -0.2) is 11.2 Å². The van der Waals surface area contributed by atoms with Crippen LogP contribution in [0, 0.1) is 5.82 Å². The maximum absolute atomic E-state index is 13.2. The molecule has 0 bridgehead atoms. The average Bonchev–Trinajstić information content (AvgIpc) is 2.21. The van der Waals surface area contributed by atoms with Crippen molar-refractivity contribution in [3.8, 4) is 0 Å². The van der Waals surface area contributed by atoms with Gasteiger partial charge in [-0.3, -0.25) is 0 Å². The highest BCUT2D eigenvalue weighted by atomic mass is 79.9. The van der Waals surface area contributed by atoms with Crippen molar-refractivity contribution >= 4 is 15.9 Å². The molecule has 2 atom stereocenters. The Hall–Kier alpha value is -0.450. The lowest BCUT2D eigenvalue weighted by Crippen LogP contribution is -2.26. The summed E-state index contributed by atoms with van der Waals surface area (Å²) in [4.78, 5) is 0. The van der Waals surface area contributed by atoms with E-state index in [2.05, 4.69) is 15.9 Å². The van der Waals surface area contributed by atoms with Crippen LogP contribution in [0.15, 0.2) is 22.7 Å². The monoisotopic (exact) mass is 275 g/mol. The molecule has 2 nitrogen and oxygen atoms in total. The number of hydrogen-bond acceptors (Lipinski definition) is 2. The number of aliphatic hydroxyl groups is 1. The van der Waals surface area contributed by atoms with Gasteiger partial charge < -0.3 is 10.8 Å². The minimum absolute atomic E-state index is 0.355. The van der Waals surface area contributed by atoms with Gasteiger partial charge in [0.1, 0.15) is 5.82 Å². The summed E-state index contributed by atoms with van der Waals surface area (Å²) < 4.78 is 13.6. The van der Waals surface area contributed by atoms with Crippen molar-refractivity contribution in [1.82, 2.24) is 0 Å². The maximum Gasteiger partial charge on any atom is 0.137 e. The Bertz CT molecular complexity index is 332. The molecule has 1 rings (SSSR count). The van der Waals surface area contributed by atoms with Gasteiger partial charge >= 0.3 is 0 Å². The van der Waals surface area contributed by atoms with Crippen LogP contribution in [0.5, 0.6) is 0 Å². The molecule has 0 aromatic heterocycles. The Labute approximate surface area is 97.4 Å². The Balaban J connectivity index is 2.81. The van der Waals surface area contributed by atoms with Crippen molar-refractivity contribution in [2.24, 2.45) is 5.73 Å². The number of rotatable bonds is 4. The third-order valence-electron chi connectivity index (χ3n) is 2.33. The van der Waals surface area contributed by atoms with E-state index in [1.54, 1.807) is 12.1 Å². The molecular formula is C11H15BrFNO. The maximum atomic E-state index is 13.2. The summed E-state index contributed by atoms with van der Waals surface area (Å²) in [6.07, 6.45) is 0.864. The van der Waals surface area contributed by atoms with E-state index in [1.807, 2.05) is 6.92 Å². The summed E-state index contributed by atoms with van der Waals surface area (Å²) in [5, 5.41) is 9.67. The number of benzene rings is 1. The molecule has 0 amide bonds. The van der Waals surface area contributed by atoms with Crippen LogP contribution < -0.4 is 5.73 Å². The van der Waals surface area contributed by atoms with Crippen LogP contribution in [0.1, 0.15) is 31.4 Å². The van der Waals surface area contributed by atoms with Gasteiger partial charge in [-0.2, -0.15) is 0 Å². The van der Waals surface area contributed by atoms with Crippen molar-refractivity contribution in [2.75, 3.05) is 0 Å². The number of hydrogen-bond donors (Lipinski definition) is 2. The second kappa shape index (κ2) is 5.58. The van der Waals surface area contributed by atoms with Crippen molar-refractivity contribution < 1.29 is 9.50 Å². The molecule has 1 aromatic rings. The van der Waals surface area contributed by atoms with Gasteiger partial charge in [0.2, 0.25) is 0 Å². The van der Waals surface area contributed by atoms with E-state index in [4.69, 9.17) is 5.73 Å². The highest BCUT2D eigenvalue weighted by Crippen LogP contribution is 2.22. The normalized spacial score (nSPS) is 15.0. The molecule has 0 heterocycles. The summed E-state index contributed by atoms with van der Waals surface area (Å²) in [6, 6.07) is 4.15. The molecule has 0 spiro atoms. The molecule has 4 heteroatoms. The topological polar surface area (TPSA) is 46.2 Å². The zero-order valence-electron chi connectivity index (χ0n) is 8.58. The van der Waals surface area contributed by atoms with Crippen LogP contribution in [-0.2, 0) is 0 Å². The van der Waals surface area contributed by atoms with Crippen molar-refractivity contribution in [2.45, 2.75) is 31.9 Å². The number of aliphatic hydroxyl groups excluding tert-OH is 1. The second-order valence-electron chi connectivity index (χ2n) is 3.56.